The monoisotopic (exact) mass is 460 g/mol. The van der Waals surface area contributed by atoms with Gasteiger partial charge in [-0.3, -0.25) is 9.59 Å². The van der Waals surface area contributed by atoms with E-state index in [2.05, 4.69) is 5.32 Å². The van der Waals surface area contributed by atoms with Crippen LogP contribution < -0.4 is 10.1 Å². The van der Waals surface area contributed by atoms with Crippen molar-refractivity contribution in [1.29, 1.82) is 0 Å². The van der Waals surface area contributed by atoms with Crippen LogP contribution in [0, 0.1) is 6.92 Å². The second-order valence-electron chi connectivity index (χ2n) is 7.17. The molecule has 9 nitrogen and oxygen atoms in total. The SMILES string of the molecule is CCOC(=O)c1ccc(NC(=O)[C@@H]2CCC(=O)N2S(=O)(=O)c2ccc(OC)c(C)c2)cc1. The Balaban J connectivity index is 1.81. The minimum atomic E-state index is -4.24. The van der Waals surface area contributed by atoms with Gasteiger partial charge in [0.1, 0.15) is 11.8 Å². The average Bonchev–Trinajstić information content (AvgIpc) is 3.16. The number of hydrogen-bond donors (Lipinski definition) is 1. The second-order valence-corrected chi connectivity index (χ2v) is 8.98. The molecule has 1 aliphatic heterocycles. The standard InChI is InChI=1S/C22H24N2O7S/c1-4-31-22(27)15-5-7-16(8-6-15)23-21(26)18-10-12-20(25)24(18)32(28,29)17-9-11-19(30-3)14(2)13-17/h5-9,11,13,18H,4,10,12H2,1-3H3,(H,23,26)/t18-/m0/s1. The lowest BCUT2D eigenvalue weighted by Gasteiger charge is -2.24. The fraction of sp³-hybridized carbons (Fsp3) is 0.318. The van der Waals surface area contributed by atoms with Crippen LogP contribution in [0.1, 0.15) is 35.7 Å². The quantitative estimate of drug-likeness (QED) is 0.631. The van der Waals surface area contributed by atoms with Crippen molar-refractivity contribution in [2.75, 3.05) is 19.0 Å². The molecule has 0 aromatic heterocycles. The highest BCUT2D eigenvalue weighted by molar-refractivity contribution is 7.89. The fourth-order valence-electron chi connectivity index (χ4n) is 3.46. The molecule has 0 bridgehead atoms. The van der Waals surface area contributed by atoms with Crippen LogP contribution in [-0.2, 0) is 24.3 Å². The molecule has 1 fully saturated rings. The van der Waals surface area contributed by atoms with Gasteiger partial charge < -0.3 is 14.8 Å². The van der Waals surface area contributed by atoms with Crippen LogP contribution in [0.3, 0.4) is 0 Å². The van der Waals surface area contributed by atoms with E-state index in [1.165, 1.54) is 49.6 Å². The molecule has 0 radical (unpaired) electrons. The summed E-state index contributed by atoms with van der Waals surface area (Å²) in [5, 5.41) is 2.62. The molecule has 170 valence electrons. The third-order valence-corrected chi connectivity index (χ3v) is 6.88. The Hall–Kier alpha value is -3.40. The van der Waals surface area contributed by atoms with Crippen molar-refractivity contribution in [1.82, 2.24) is 4.31 Å². The van der Waals surface area contributed by atoms with Gasteiger partial charge in [-0.25, -0.2) is 17.5 Å². The Labute approximate surface area is 186 Å². The second kappa shape index (κ2) is 9.39. The van der Waals surface area contributed by atoms with E-state index in [-0.39, 0.29) is 24.3 Å². The zero-order valence-corrected chi connectivity index (χ0v) is 18.8. The summed E-state index contributed by atoms with van der Waals surface area (Å²) >= 11 is 0. The van der Waals surface area contributed by atoms with Gasteiger partial charge in [-0.05, 0) is 68.3 Å². The van der Waals surface area contributed by atoms with Crippen LogP contribution in [-0.4, -0.2) is 50.3 Å². The minimum absolute atomic E-state index is 0.0613. The Bertz CT molecular complexity index is 1140. The number of carbonyl (C=O) groups is 3. The molecule has 3 rings (SSSR count). The largest absolute Gasteiger partial charge is 0.496 e. The first-order valence-corrected chi connectivity index (χ1v) is 11.4. The number of benzene rings is 2. The highest BCUT2D eigenvalue weighted by Gasteiger charge is 2.44. The number of aryl methyl sites for hydroxylation is 1. The van der Waals surface area contributed by atoms with Crippen LogP contribution >= 0.6 is 0 Å². The van der Waals surface area contributed by atoms with E-state index in [0.29, 0.717) is 26.9 Å². The predicted molar refractivity (Wildman–Crippen MR) is 116 cm³/mol. The van der Waals surface area contributed by atoms with E-state index in [1.807, 2.05) is 0 Å². The molecule has 32 heavy (non-hydrogen) atoms. The van der Waals surface area contributed by atoms with Crippen LogP contribution in [0.2, 0.25) is 0 Å². The zero-order chi connectivity index (χ0) is 23.5. The average molecular weight is 461 g/mol. The summed E-state index contributed by atoms with van der Waals surface area (Å²) in [5.41, 5.74) is 1.27. The molecule has 0 aliphatic carbocycles. The van der Waals surface area contributed by atoms with Crippen molar-refractivity contribution >= 4 is 33.5 Å². The van der Waals surface area contributed by atoms with Crippen LogP contribution in [0.4, 0.5) is 5.69 Å². The van der Waals surface area contributed by atoms with Crippen molar-refractivity contribution < 1.29 is 32.3 Å². The smallest absolute Gasteiger partial charge is 0.338 e. The Morgan fingerprint density at radius 2 is 1.84 bits per heavy atom. The molecule has 1 N–H and O–H groups in total. The van der Waals surface area contributed by atoms with Gasteiger partial charge in [-0.15, -0.1) is 0 Å². The fourth-order valence-corrected chi connectivity index (χ4v) is 5.14. The molecule has 1 atom stereocenters. The van der Waals surface area contributed by atoms with Crippen molar-refractivity contribution in [3.05, 3.63) is 53.6 Å². The van der Waals surface area contributed by atoms with Crippen LogP contribution in [0.25, 0.3) is 0 Å². The number of ether oxygens (including phenoxy) is 2. The van der Waals surface area contributed by atoms with Crippen molar-refractivity contribution in [2.24, 2.45) is 0 Å². The third kappa shape index (κ3) is 4.59. The maximum absolute atomic E-state index is 13.2. The lowest BCUT2D eigenvalue weighted by molar-refractivity contribution is -0.128. The summed E-state index contributed by atoms with van der Waals surface area (Å²) < 4.78 is 37.1. The number of rotatable bonds is 7. The highest BCUT2D eigenvalue weighted by atomic mass is 32.2. The van der Waals surface area contributed by atoms with Gasteiger partial charge in [-0.2, -0.15) is 0 Å². The van der Waals surface area contributed by atoms with E-state index < -0.39 is 33.8 Å². The van der Waals surface area contributed by atoms with Crippen molar-refractivity contribution in [2.45, 2.75) is 37.6 Å². The lowest BCUT2D eigenvalue weighted by Crippen LogP contribution is -2.45. The van der Waals surface area contributed by atoms with Gasteiger partial charge in [0, 0.05) is 12.1 Å². The van der Waals surface area contributed by atoms with Gasteiger partial charge in [0.05, 0.1) is 24.2 Å². The first-order valence-electron chi connectivity index (χ1n) is 9.99. The first kappa shape index (κ1) is 23.3. The molecule has 0 spiro atoms. The molecule has 10 heteroatoms. The molecular weight excluding hydrogens is 436 g/mol. The summed E-state index contributed by atoms with van der Waals surface area (Å²) in [6.45, 7) is 3.63. The molecule has 0 unspecified atom stereocenters. The molecule has 2 aromatic carbocycles. The van der Waals surface area contributed by atoms with Gasteiger partial charge in [-0.1, -0.05) is 0 Å². The number of nitrogens with one attached hydrogen (secondary N) is 1. The van der Waals surface area contributed by atoms with Gasteiger partial charge in [0.15, 0.2) is 0 Å². The molecule has 1 heterocycles. The minimum Gasteiger partial charge on any atom is -0.496 e. The normalized spacial score (nSPS) is 16.0. The predicted octanol–water partition coefficient (Wildman–Crippen LogP) is 2.50. The Kier molecular flexibility index (Phi) is 6.83. The van der Waals surface area contributed by atoms with Gasteiger partial charge in [0.25, 0.3) is 10.0 Å². The van der Waals surface area contributed by atoms with Crippen molar-refractivity contribution in [3.63, 3.8) is 0 Å². The maximum Gasteiger partial charge on any atom is 0.338 e. The molecule has 2 amide bonds. The van der Waals surface area contributed by atoms with Crippen molar-refractivity contribution in [3.8, 4) is 5.75 Å². The molecule has 1 saturated heterocycles. The number of sulfonamides is 1. The number of esters is 1. The first-order chi connectivity index (χ1) is 15.2. The lowest BCUT2D eigenvalue weighted by atomic mass is 10.2. The number of carbonyl (C=O) groups excluding carboxylic acids is 3. The van der Waals surface area contributed by atoms with E-state index in [9.17, 15) is 22.8 Å². The Morgan fingerprint density at radius 1 is 1.16 bits per heavy atom. The van der Waals surface area contributed by atoms with Gasteiger partial charge in [0.2, 0.25) is 11.8 Å². The summed E-state index contributed by atoms with van der Waals surface area (Å²) in [6, 6.07) is 9.06. The number of nitrogens with zero attached hydrogens (tertiary/aromatic N) is 1. The van der Waals surface area contributed by atoms with Gasteiger partial charge >= 0.3 is 5.97 Å². The number of hydrogen-bond acceptors (Lipinski definition) is 7. The van der Waals surface area contributed by atoms with E-state index in [4.69, 9.17) is 9.47 Å². The summed E-state index contributed by atoms with van der Waals surface area (Å²) in [4.78, 5) is 37.0. The Morgan fingerprint density at radius 3 is 2.44 bits per heavy atom. The summed E-state index contributed by atoms with van der Waals surface area (Å²) in [7, 11) is -2.77. The zero-order valence-electron chi connectivity index (χ0n) is 18.0. The number of amides is 2. The number of methoxy groups -OCH3 is 1. The maximum atomic E-state index is 13.2. The molecule has 2 aromatic rings. The van der Waals surface area contributed by atoms with E-state index >= 15 is 0 Å². The summed E-state index contributed by atoms with van der Waals surface area (Å²) in [5.74, 6) is -1.25. The highest BCUT2D eigenvalue weighted by Crippen LogP contribution is 2.30. The summed E-state index contributed by atoms with van der Waals surface area (Å²) in [6.07, 6.45) is 0.00813. The van der Waals surface area contributed by atoms with E-state index in [1.54, 1.807) is 13.8 Å². The third-order valence-electron chi connectivity index (χ3n) is 5.05. The number of anilines is 1. The van der Waals surface area contributed by atoms with E-state index in [0.717, 1.165) is 0 Å². The van der Waals surface area contributed by atoms with Crippen LogP contribution in [0.15, 0.2) is 47.4 Å². The topological polar surface area (TPSA) is 119 Å². The molecule has 1 aliphatic rings. The molecular formula is C22H24N2O7S. The molecule has 0 saturated carbocycles. The van der Waals surface area contributed by atoms with Crippen LogP contribution in [0.5, 0.6) is 5.75 Å².